The second-order valence-corrected chi connectivity index (χ2v) is 9.47. The Morgan fingerprint density at radius 1 is 1.03 bits per heavy atom. The van der Waals surface area contributed by atoms with Crippen LogP contribution >= 0.6 is 0 Å². The molecule has 4 unspecified atom stereocenters. The lowest BCUT2D eigenvalue weighted by molar-refractivity contribution is -0.155. The number of nitrogens with one attached hydrogen (secondary N) is 1. The van der Waals surface area contributed by atoms with E-state index in [1.807, 2.05) is 31.2 Å². The van der Waals surface area contributed by atoms with Crippen LogP contribution < -0.4 is 5.32 Å². The number of urea groups is 1. The molecular formula is C25H35N3O5. The number of para-hydroxylation sites is 1. The largest absolute Gasteiger partial charge is 0.379 e. The predicted molar refractivity (Wildman–Crippen MR) is 124 cm³/mol. The van der Waals surface area contributed by atoms with E-state index in [4.69, 9.17) is 9.47 Å². The minimum atomic E-state index is -0.396. The van der Waals surface area contributed by atoms with E-state index in [-0.39, 0.29) is 48.7 Å². The van der Waals surface area contributed by atoms with Gasteiger partial charge >= 0.3 is 6.03 Å². The second-order valence-electron chi connectivity index (χ2n) is 9.47. The topological polar surface area (TPSA) is 88.2 Å². The molecule has 1 saturated heterocycles. The van der Waals surface area contributed by atoms with Crippen LogP contribution in [-0.4, -0.2) is 72.7 Å². The molecule has 3 aliphatic rings. The molecule has 180 valence electrons. The van der Waals surface area contributed by atoms with Gasteiger partial charge in [-0.15, -0.1) is 0 Å². The number of rotatable bonds is 6. The molecule has 1 aliphatic heterocycles. The Morgan fingerprint density at radius 2 is 1.70 bits per heavy atom. The third-order valence-electron chi connectivity index (χ3n) is 7.52. The van der Waals surface area contributed by atoms with Crippen LogP contribution in [-0.2, 0) is 19.1 Å². The number of imide groups is 1. The SMILES string of the molecule is COC1CC2C(=O)N(C3CCCCC3)C(=O)N(CC(=O)Nc3ccccc3C)C2CC1OC. The van der Waals surface area contributed by atoms with Crippen LogP contribution in [0.2, 0.25) is 0 Å². The zero-order chi connectivity index (χ0) is 23.5. The fourth-order valence-corrected chi connectivity index (χ4v) is 5.69. The van der Waals surface area contributed by atoms with Crippen LogP contribution in [0.15, 0.2) is 24.3 Å². The molecule has 4 rings (SSSR count). The number of fused-ring (bicyclic) bond motifs is 1. The monoisotopic (exact) mass is 457 g/mol. The number of hydrogen-bond acceptors (Lipinski definition) is 5. The number of amides is 4. The molecule has 1 aromatic rings. The van der Waals surface area contributed by atoms with Crippen molar-refractivity contribution in [3.8, 4) is 0 Å². The van der Waals surface area contributed by atoms with E-state index in [1.54, 1.807) is 19.1 Å². The first-order valence-electron chi connectivity index (χ1n) is 12.0. The second kappa shape index (κ2) is 10.2. The van der Waals surface area contributed by atoms with Gasteiger partial charge in [0.15, 0.2) is 0 Å². The molecule has 33 heavy (non-hydrogen) atoms. The number of ether oxygens (including phenoxy) is 2. The highest BCUT2D eigenvalue weighted by Gasteiger charge is 2.53. The van der Waals surface area contributed by atoms with Gasteiger partial charge in [0, 0.05) is 32.0 Å². The summed E-state index contributed by atoms with van der Waals surface area (Å²) >= 11 is 0. The first-order chi connectivity index (χ1) is 15.9. The maximum atomic E-state index is 13.7. The van der Waals surface area contributed by atoms with Gasteiger partial charge in [-0.25, -0.2) is 4.79 Å². The van der Waals surface area contributed by atoms with Crippen LogP contribution in [0.1, 0.15) is 50.5 Å². The highest BCUT2D eigenvalue weighted by molar-refractivity contribution is 6.02. The molecule has 1 N–H and O–H groups in total. The molecule has 1 heterocycles. The molecule has 8 nitrogen and oxygen atoms in total. The third kappa shape index (κ3) is 4.77. The van der Waals surface area contributed by atoms with Crippen molar-refractivity contribution in [2.75, 3.05) is 26.1 Å². The molecular weight excluding hydrogens is 422 g/mol. The van der Waals surface area contributed by atoms with Crippen molar-refractivity contribution in [1.29, 1.82) is 0 Å². The molecule has 4 amide bonds. The number of carbonyl (C=O) groups excluding carboxylic acids is 3. The fraction of sp³-hybridized carbons (Fsp3) is 0.640. The highest BCUT2D eigenvalue weighted by Crippen LogP contribution is 2.39. The Bertz CT molecular complexity index is 885. The maximum Gasteiger partial charge on any atom is 0.327 e. The Hall–Kier alpha value is -2.45. The summed E-state index contributed by atoms with van der Waals surface area (Å²) in [4.78, 5) is 43.3. The van der Waals surface area contributed by atoms with Gasteiger partial charge in [0.2, 0.25) is 11.8 Å². The van der Waals surface area contributed by atoms with E-state index in [9.17, 15) is 14.4 Å². The number of nitrogens with zero attached hydrogens (tertiary/aromatic N) is 2. The Kier molecular flexibility index (Phi) is 7.34. The number of hydrogen-bond donors (Lipinski definition) is 1. The number of aryl methyl sites for hydroxylation is 1. The van der Waals surface area contributed by atoms with Gasteiger partial charge in [-0.3, -0.25) is 14.5 Å². The molecule has 8 heteroatoms. The normalized spacial score (nSPS) is 28.6. The predicted octanol–water partition coefficient (Wildman–Crippen LogP) is 3.34. The summed E-state index contributed by atoms with van der Waals surface area (Å²) < 4.78 is 11.3. The maximum absolute atomic E-state index is 13.7. The minimum absolute atomic E-state index is 0.0947. The van der Waals surface area contributed by atoms with E-state index in [1.165, 1.54) is 4.90 Å². The van der Waals surface area contributed by atoms with Gasteiger partial charge in [0.1, 0.15) is 6.54 Å². The smallest absolute Gasteiger partial charge is 0.327 e. The van der Waals surface area contributed by atoms with E-state index in [0.29, 0.717) is 12.8 Å². The number of benzene rings is 1. The standard InChI is InChI=1S/C25H35N3O5/c1-16-9-7-8-12-19(16)26-23(29)15-27-20-14-22(33-3)21(32-2)13-18(20)24(30)28(25(27)31)17-10-5-4-6-11-17/h7-9,12,17-18,20-22H,4-6,10-11,13-15H2,1-3H3,(H,26,29). The van der Waals surface area contributed by atoms with Crippen molar-refractivity contribution >= 4 is 23.5 Å². The lowest BCUT2D eigenvalue weighted by atomic mass is 9.77. The van der Waals surface area contributed by atoms with Gasteiger partial charge < -0.3 is 19.7 Å². The minimum Gasteiger partial charge on any atom is -0.379 e. The van der Waals surface area contributed by atoms with Crippen LogP contribution in [0, 0.1) is 12.8 Å². The molecule has 4 atom stereocenters. The van der Waals surface area contributed by atoms with Gasteiger partial charge in [0.05, 0.1) is 18.1 Å². The van der Waals surface area contributed by atoms with E-state index >= 15 is 0 Å². The molecule has 0 spiro atoms. The van der Waals surface area contributed by atoms with Crippen molar-refractivity contribution in [1.82, 2.24) is 9.80 Å². The van der Waals surface area contributed by atoms with E-state index < -0.39 is 5.92 Å². The van der Waals surface area contributed by atoms with Crippen LogP contribution in [0.25, 0.3) is 0 Å². The number of carbonyl (C=O) groups is 3. The van der Waals surface area contributed by atoms with E-state index in [2.05, 4.69) is 5.32 Å². The average molecular weight is 458 g/mol. The molecule has 0 radical (unpaired) electrons. The lowest BCUT2D eigenvalue weighted by Gasteiger charge is -2.51. The summed E-state index contributed by atoms with van der Waals surface area (Å²) in [5, 5.41) is 2.93. The number of anilines is 1. The van der Waals surface area contributed by atoms with Gasteiger partial charge in [-0.05, 0) is 44.2 Å². The molecule has 2 aliphatic carbocycles. The molecule has 0 aromatic heterocycles. The van der Waals surface area contributed by atoms with Crippen molar-refractivity contribution in [2.24, 2.45) is 5.92 Å². The quantitative estimate of drug-likeness (QED) is 0.708. The Labute approximate surface area is 195 Å². The molecule has 1 aromatic carbocycles. The van der Waals surface area contributed by atoms with Crippen molar-refractivity contribution in [3.63, 3.8) is 0 Å². The van der Waals surface area contributed by atoms with Gasteiger partial charge in [-0.2, -0.15) is 0 Å². The van der Waals surface area contributed by atoms with E-state index in [0.717, 1.165) is 43.4 Å². The Morgan fingerprint density at radius 3 is 2.36 bits per heavy atom. The average Bonchev–Trinajstić information content (AvgIpc) is 2.83. The zero-order valence-electron chi connectivity index (χ0n) is 19.8. The van der Waals surface area contributed by atoms with Gasteiger partial charge in [-0.1, -0.05) is 37.5 Å². The van der Waals surface area contributed by atoms with Gasteiger partial charge in [0.25, 0.3) is 0 Å². The van der Waals surface area contributed by atoms with Crippen LogP contribution in [0.4, 0.5) is 10.5 Å². The summed E-state index contributed by atoms with van der Waals surface area (Å²) in [7, 11) is 3.24. The third-order valence-corrected chi connectivity index (χ3v) is 7.52. The summed E-state index contributed by atoms with van der Waals surface area (Å²) in [6.07, 6.45) is 5.29. The van der Waals surface area contributed by atoms with Crippen LogP contribution in [0.3, 0.4) is 0 Å². The molecule has 3 fully saturated rings. The first-order valence-corrected chi connectivity index (χ1v) is 12.0. The summed E-state index contributed by atoms with van der Waals surface area (Å²) in [6.45, 7) is 1.83. The Balaban J connectivity index is 1.60. The zero-order valence-corrected chi connectivity index (χ0v) is 19.8. The molecule has 2 saturated carbocycles. The highest BCUT2D eigenvalue weighted by atomic mass is 16.5. The van der Waals surface area contributed by atoms with Crippen LogP contribution in [0.5, 0.6) is 0 Å². The fourth-order valence-electron chi connectivity index (χ4n) is 5.69. The first kappa shape index (κ1) is 23.7. The van der Waals surface area contributed by atoms with Crippen molar-refractivity contribution in [3.05, 3.63) is 29.8 Å². The molecule has 0 bridgehead atoms. The lowest BCUT2D eigenvalue weighted by Crippen LogP contribution is -2.68. The summed E-state index contributed by atoms with van der Waals surface area (Å²) in [6, 6.07) is 6.72. The van der Waals surface area contributed by atoms with Crippen molar-refractivity contribution in [2.45, 2.75) is 76.2 Å². The van der Waals surface area contributed by atoms with Crippen molar-refractivity contribution < 1.29 is 23.9 Å². The number of methoxy groups -OCH3 is 2. The summed E-state index contributed by atoms with van der Waals surface area (Å²) in [5.41, 5.74) is 1.68. The summed E-state index contributed by atoms with van der Waals surface area (Å²) in [5.74, 6) is -0.784.